The molecule has 1 aromatic rings. The number of benzene rings is 1. The fourth-order valence-electron chi connectivity index (χ4n) is 0.947. The highest BCUT2D eigenvalue weighted by Gasteiger charge is 2.09. The molecule has 14 heavy (non-hydrogen) atoms. The highest BCUT2D eigenvalue weighted by Crippen LogP contribution is 2.31. The van der Waals surface area contributed by atoms with Crippen LogP contribution >= 0.6 is 0 Å². The van der Waals surface area contributed by atoms with Gasteiger partial charge in [0.2, 0.25) is 12.2 Å². The maximum atomic E-state index is 13.3. The Balaban J connectivity index is 3.51. The average Bonchev–Trinajstić information content (AvgIpc) is 2.18. The highest BCUT2D eigenvalue weighted by molar-refractivity contribution is 5.69. The van der Waals surface area contributed by atoms with Crippen LogP contribution in [0.25, 0.3) is 0 Å². The lowest BCUT2D eigenvalue weighted by Gasteiger charge is -2.00. The summed E-state index contributed by atoms with van der Waals surface area (Å²) in [6.07, 6.45) is 2.44. The first kappa shape index (κ1) is 9.99. The Hall–Kier alpha value is -2.09. The molecule has 0 heterocycles. The van der Waals surface area contributed by atoms with Crippen molar-refractivity contribution in [3.63, 3.8) is 0 Å². The third-order valence-corrected chi connectivity index (χ3v) is 1.61. The third-order valence-electron chi connectivity index (χ3n) is 1.61. The van der Waals surface area contributed by atoms with Crippen LogP contribution in [0.2, 0.25) is 0 Å². The zero-order valence-electron chi connectivity index (χ0n) is 7.24. The Morgan fingerprint density at radius 3 is 2.43 bits per heavy atom. The predicted molar refractivity (Wildman–Crippen MR) is 46.7 cm³/mol. The van der Waals surface area contributed by atoms with Gasteiger partial charge in [-0.2, -0.15) is 9.98 Å². The SMILES string of the molecule is Cc1ccc(N=C=O)c(N=C=O)c1F. The minimum absolute atomic E-state index is 0.0357. The van der Waals surface area contributed by atoms with Crippen molar-refractivity contribution in [1.82, 2.24) is 0 Å². The van der Waals surface area contributed by atoms with Crippen molar-refractivity contribution in [3.05, 3.63) is 23.5 Å². The van der Waals surface area contributed by atoms with Crippen LogP contribution in [-0.2, 0) is 9.59 Å². The monoisotopic (exact) mass is 192 g/mol. The number of nitrogens with zero attached hydrogens (tertiary/aromatic N) is 2. The van der Waals surface area contributed by atoms with Crippen LogP contribution in [0.15, 0.2) is 22.1 Å². The summed E-state index contributed by atoms with van der Waals surface area (Å²) in [6.45, 7) is 1.51. The topological polar surface area (TPSA) is 58.9 Å². The van der Waals surface area contributed by atoms with E-state index in [0.29, 0.717) is 5.56 Å². The molecule has 1 aromatic carbocycles. The van der Waals surface area contributed by atoms with Gasteiger partial charge < -0.3 is 0 Å². The van der Waals surface area contributed by atoms with Crippen LogP contribution in [0.5, 0.6) is 0 Å². The minimum Gasteiger partial charge on any atom is -0.211 e. The molecule has 0 radical (unpaired) electrons. The second-order valence-corrected chi connectivity index (χ2v) is 2.47. The quantitative estimate of drug-likeness (QED) is 0.532. The minimum atomic E-state index is -0.690. The Bertz CT molecular complexity index is 458. The van der Waals surface area contributed by atoms with Crippen molar-refractivity contribution >= 4 is 23.5 Å². The molecule has 0 saturated heterocycles. The molecule has 0 atom stereocenters. The van der Waals surface area contributed by atoms with Crippen LogP contribution in [0.3, 0.4) is 0 Å². The van der Waals surface area contributed by atoms with Crippen LogP contribution in [-0.4, -0.2) is 12.2 Å². The maximum absolute atomic E-state index is 13.3. The van der Waals surface area contributed by atoms with Gasteiger partial charge in [-0.15, -0.1) is 0 Å². The van der Waals surface area contributed by atoms with Crippen LogP contribution in [0.1, 0.15) is 5.56 Å². The standard InChI is InChI=1S/C9H5FN2O2/c1-6-2-3-7(11-4-13)9(8(6)10)12-5-14/h2-3H,1H3. The van der Waals surface area contributed by atoms with E-state index in [1.807, 2.05) is 0 Å². The maximum Gasteiger partial charge on any atom is 0.240 e. The molecule has 0 amide bonds. The van der Waals surface area contributed by atoms with Crippen LogP contribution in [0.4, 0.5) is 15.8 Å². The van der Waals surface area contributed by atoms with Crippen molar-refractivity contribution in [2.75, 3.05) is 0 Å². The molecule has 0 unspecified atom stereocenters. The van der Waals surface area contributed by atoms with Gasteiger partial charge in [0.25, 0.3) is 0 Å². The fraction of sp³-hybridized carbons (Fsp3) is 0.111. The molecule has 0 aliphatic carbocycles. The Morgan fingerprint density at radius 2 is 1.86 bits per heavy atom. The van der Waals surface area contributed by atoms with Crippen molar-refractivity contribution in [2.24, 2.45) is 9.98 Å². The van der Waals surface area contributed by atoms with Crippen LogP contribution < -0.4 is 0 Å². The van der Waals surface area contributed by atoms with Gasteiger partial charge in [0, 0.05) is 0 Å². The van der Waals surface area contributed by atoms with Gasteiger partial charge in [-0.3, -0.25) is 0 Å². The molecule has 70 valence electrons. The van der Waals surface area contributed by atoms with Crippen molar-refractivity contribution in [1.29, 1.82) is 0 Å². The second-order valence-electron chi connectivity index (χ2n) is 2.47. The summed E-state index contributed by atoms with van der Waals surface area (Å²) in [7, 11) is 0. The van der Waals surface area contributed by atoms with Crippen molar-refractivity contribution in [2.45, 2.75) is 6.92 Å². The largest absolute Gasteiger partial charge is 0.240 e. The summed E-state index contributed by atoms with van der Waals surface area (Å²) >= 11 is 0. The molecule has 0 saturated carbocycles. The van der Waals surface area contributed by atoms with E-state index in [9.17, 15) is 14.0 Å². The Morgan fingerprint density at radius 1 is 1.21 bits per heavy atom. The van der Waals surface area contributed by atoms with Gasteiger partial charge >= 0.3 is 0 Å². The normalized spacial score (nSPS) is 8.71. The van der Waals surface area contributed by atoms with E-state index < -0.39 is 5.82 Å². The lowest BCUT2D eigenvalue weighted by atomic mass is 10.2. The first-order valence-corrected chi connectivity index (χ1v) is 3.65. The van der Waals surface area contributed by atoms with E-state index in [1.165, 1.54) is 31.2 Å². The molecule has 0 fully saturated rings. The molecule has 0 aromatic heterocycles. The summed E-state index contributed by atoms with van der Waals surface area (Å²) in [5.74, 6) is -0.690. The molecule has 0 aliphatic heterocycles. The number of hydrogen-bond donors (Lipinski definition) is 0. The lowest BCUT2D eigenvalue weighted by molar-refractivity contribution is 0.563. The number of isocyanates is 2. The summed E-state index contributed by atoms with van der Waals surface area (Å²) in [6, 6.07) is 2.80. The van der Waals surface area contributed by atoms with Gasteiger partial charge in [-0.1, -0.05) is 6.07 Å². The van der Waals surface area contributed by atoms with E-state index in [-0.39, 0.29) is 11.4 Å². The van der Waals surface area contributed by atoms with E-state index in [4.69, 9.17) is 0 Å². The molecule has 0 aliphatic rings. The number of halogens is 1. The van der Waals surface area contributed by atoms with Gasteiger partial charge in [0.1, 0.15) is 11.4 Å². The number of aryl methyl sites for hydroxylation is 1. The van der Waals surface area contributed by atoms with Gasteiger partial charge in [0.05, 0.1) is 0 Å². The number of hydrogen-bond acceptors (Lipinski definition) is 4. The van der Waals surface area contributed by atoms with Gasteiger partial charge in [-0.05, 0) is 18.6 Å². The van der Waals surface area contributed by atoms with Gasteiger partial charge in [-0.25, -0.2) is 14.0 Å². The zero-order valence-corrected chi connectivity index (χ0v) is 7.24. The molecule has 0 spiro atoms. The lowest BCUT2D eigenvalue weighted by Crippen LogP contribution is -1.82. The first-order chi connectivity index (χ1) is 6.70. The van der Waals surface area contributed by atoms with Crippen molar-refractivity contribution < 1.29 is 14.0 Å². The average molecular weight is 192 g/mol. The molecule has 0 N–H and O–H groups in total. The fourth-order valence-corrected chi connectivity index (χ4v) is 0.947. The molecular formula is C9H5FN2O2. The second kappa shape index (κ2) is 4.23. The van der Waals surface area contributed by atoms with Crippen molar-refractivity contribution in [3.8, 4) is 0 Å². The number of aliphatic imine (C=N–C) groups is 2. The summed E-state index contributed by atoms with van der Waals surface area (Å²) in [4.78, 5) is 26.3. The Labute approximate surface area is 78.8 Å². The summed E-state index contributed by atoms with van der Waals surface area (Å²) < 4.78 is 13.3. The van der Waals surface area contributed by atoms with E-state index >= 15 is 0 Å². The molecular weight excluding hydrogens is 187 g/mol. The summed E-state index contributed by atoms with van der Waals surface area (Å²) in [5, 5.41) is 0. The smallest absolute Gasteiger partial charge is 0.211 e. The number of carbonyl (C=O) groups excluding carboxylic acids is 2. The molecule has 0 bridgehead atoms. The third kappa shape index (κ3) is 1.80. The molecule has 1 rings (SSSR count). The first-order valence-electron chi connectivity index (χ1n) is 3.65. The Kier molecular flexibility index (Phi) is 3.02. The molecule has 4 nitrogen and oxygen atoms in total. The van der Waals surface area contributed by atoms with Gasteiger partial charge in [0.15, 0.2) is 5.82 Å². The molecule has 5 heteroatoms. The van der Waals surface area contributed by atoms with E-state index in [0.717, 1.165) is 0 Å². The predicted octanol–water partition coefficient (Wildman–Crippen LogP) is 2.07. The highest BCUT2D eigenvalue weighted by atomic mass is 19.1. The van der Waals surface area contributed by atoms with E-state index in [2.05, 4.69) is 9.98 Å². The van der Waals surface area contributed by atoms with E-state index in [1.54, 1.807) is 0 Å². The zero-order chi connectivity index (χ0) is 10.6. The number of rotatable bonds is 2. The van der Waals surface area contributed by atoms with Crippen LogP contribution in [0, 0.1) is 12.7 Å². The summed E-state index contributed by atoms with van der Waals surface area (Å²) in [5.41, 5.74) is -0.0151.